The number of hydrogen-bond donors (Lipinski definition) is 1. The maximum absolute atomic E-state index is 12.4. The maximum Gasteiger partial charge on any atom is 0.360 e. The van der Waals surface area contributed by atoms with Crippen LogP contribution in [0.3, 0.4) is 0 Å². The van der Waals surface area contributed by atoms with Gasteiger partial charge in [0, 0.05) is 13.1 Å². The van der Waals surface area contributed by atoms with Crippen LogP contribution in [-0.4, -0.2) is 46.5 Å². The largest absolute Gasteiger partial charge is 0.464 e. The van der Waals surface area contributed by atoms with Gasteiger partial charge in [0.1, 0.15) is 11.9 Å². The molecule has 0 bridgehead atoms. The average molecular weight is 280 g/mol. The third-order valence-electron chi connectivity index (χ3n) is 3.65. The van der Waals surface area contributed by atoms with Crippen LogP contribution in [0, 0.1) is 0 Å². The van der Waals surface area contributed by atoms with Crippen molar-refractivity contribution in [1.82, 2.24) is 14.5 Å². The van der Waals surface area contributed by atoms with Gasteiger partial charge >= 0.3 is 5.97 Å². The van der Waals surface area contributed by atoms with E-state index in [4.69, 9.17) is 5.73 Å². The molecule has 7 nitrogen and oxygen atoms in total. The Morgan fingerprint density at radius 3 is 2.60 bits per heavy atom. The predicted octanol–water partition coefficient (Wildman–Crippen LogP) is 0.825. The fourth-order valence-corrected chi connectivity index (χ4v) is 2.43. The van der Waals surface area contributed by atoms with Gasteiger partial charge in [-0.2, -0.15) is 0 Å². The minimum atomic E-state index is -0.598. The summed E-state index contributed by atoms with van der Waals surface area (Å²) in [6.45, 7) is 3.32. The molecule has 110 valence electrons. The van der Waals surface area contributed by atoms with Crippen LogP contribution in [-0.2, 0) is 9.53 Å². The fraction of sp³-hybridized carbons (Fsp3) is 0.615. The SMILES string of the molecule is COC(=O)c1ncn(C(C)C(=O)N2CCCCC2)c1N. The number of piperidine rings is 1. The first-order valence-corrected chi connectivity index (χ1v) is 6.75. The Kier molecular flexibility index (Phi) is 4.26. The van der Waals surface area contributed by atoms with E-state index in [0.717, 1.165) is 32.4 Å². The van der Waals surface area contributed by atoms with Crippen LogP contribution in [0.4, 0.5) is 5.82 Å². The van der Waals surface area contributed by atoms with Crippen molar-refractivity contribution in [3.63, 3.8) is 0 Å². The number of methoxy groups -OCH3 is 1. The Morgan fingerprint density at radius 1 is 1.35 bits per heavy atom. The summed E-state index contributed by atoms with van der Waals surface area (Å²) in [6.07, 6.45) is 4.64. The summed E-state index contributed by atoms with van der Waals surface area (Å²) in [5.74, 6) is -0.432. The van der Waals surface area contributed by atoms with Gasteiger partial charge in [0.15, 0.2) is 5.69 Å². The molecule has 0 aromatic carbocycles. The average Bonchev–Trinajstić information content (AvgIpc) is 2.87. The number of nitrogen functional groups attached to an aromatic ring is 1. The summed E-state index contributed by atoms with van der Waals surface area (Å²) in [5, 5.41) is 0. The van der Waals surface area contributed by atoms with Gasteiger partial charge in [-0.1, -0.05) is 0 Å². The third-order valence-corrected chi connectivity index (χ3v) is 3.65. The third kappa shape index (κ3) is 2.61. The second-order valence-corrected chi connectivity index (χ2v) is 4.94. The summed E-state index contributed by atoms with van der Waals surface area (Å²) in [6, 6.07) is -0.473. The van der Waals surface area contributed by atoms with Gasteiger partial charge in [0.2, 0.25) is 5.91 Å². The monoisotopic (exact) mass is 280 g/mol. The second-order valence-electron chi connectivity index (χ2n) is 4.94. The van der Waals surface area contributed by atoms with E-state index >= 15 is 0 Å². The molecule has 1 amide bonds. The van der Waals surface area contributed by atoms with Gasteiger partial charge in [0.25, 0.3) is 0 Å². The number of hydrogen-bond acceptors (Lipinski definition) is 5. The van der Waals surface area contributed by atoms with E-state index in [1.807, 2.05) is 4.90 Å². The molecule has 1 aliphatic rings. The zero-order chi connectivity index (χ0) is 14.7. The Hall–Kier alpha value is -2.05. The highest BCUT2D eigenvalue weighted by molar-refractivity contribution is 5.92. The number of carbonyl (C=O) groups excluding carboxylic acids is 2. The lowest BCUT2D eigenvalue weighted by Crippen LogP contribution is -2.39. The normalized spacial score (nSPS) is 16.8. The highest BCUT2D eigenvalue weighted by atomic mass is 16.5. The van der Waals surface area contributed by atoms with Crippen LogP contribution in [0.25, 0.3) is 0 Å². The predicted molar refractivity (Wildman–Crippen MR) is 73.1 cm³/mol. The van der Waals surface area contributed by atoms with Crippen LogP contribution in [0.15, 0.2) is 6.33 Å². The van der Waals surface area contributed by atoms with Crippen LogP contribution in [0.5, 0.6) is 0 Å². The highest BCUT2D eigenvalue weighted by Crippen LogP contribution is 2.20. The van der Waals surface area contributed by atoms with Gasteiger partial charge in [-0.05, 0) is 26.2 Å². The van der Waals surface area contributed by atoms with Crippen molar-refractivity contribution in [2.45, 2.75) is 32.2 Å². The van der Waals surface area contributed by atoms with Gasteiger partial charge < -0.3 is 19.9 Å². The van der Waals surface area contributed by atoms with Crippen LogP contribution < -0.4 is 5.73 Å². The van der Waals surface area contributed by atoms with Crippen LogP contribution in [0.2, 0.25) is 0 Å². The number of esters is 1. The number of imidazole rings is 1. The van der Waals surface area contributed by atoms with Crippen molar-refractivity contribution in [2.75, 3.05) is 25.9 Å². The number of anilines is 1. The van der Waals surface area contributed by atoms with E-state index in [0.29, 0.717) is 0 Å². The van der Waals surface area contributed by atoms with Gasteiger partial charge in [-0.25, -0.2) is 9.78 Å². The van der Waals surface area contributed by atoms with Crippen LogP contribution >= 0.6 is 0 Å². The number of aromatic nitrogens is 2. The number of ether oxygens (including phenoxy) is 1. The van der Waals surface area contributed by atoms with E-state index in [9.17, 15) is 9.59 Å². The summed E-state index contributed by atoms with van der Waals surface area (Å²) < 4.78 is 6.11. The number of amides is 1. The Morgan fingerprint density at radius 2 is 2.00 bits per heavy atom. The van der Waals surface area contributed by atoms with E-state index in [1.54, 1.807) is 6.92 Å². The molecule has 1 saturated heterocycles. The first-order valence-electron chi connectivity index (χ1n) is 6.75. The Labute approximate surface area is 117 Å². The molecule has 0 spiro atoms. The van der Waals surface area contributed by atoms with Crippen LogP contribution in [0.1, 0.15) is 42.7 Å². The van der Waals surface area contributed by atoms with Crippen molar-refractivity contribution < 1.29 is 14.3 Å². The molecule has 0 aliphatic carbocycles. The van der Waals surface area contributed by atoms with Crippen molar-refractivity contribution in [3.8, 4) is 0 Å². The van der Waals surface area contributed by atoms with Crippen molar-refractivity contribution in [3.05, 3.63) is 12.0 Å². The number of likely N-dealkylation sites (tertiary alicyclic amines) is 1. The molecule has 0 saturated carbocycles. The molecule has 2 rings (SSSR count). The van der Waals surface area contributed by atoms with E-state index in [2.05, 4.69) is 9.72 Å². The minimum Gasteiger partial charge on any atom is -0.464 e. The molecule has 1 atom stereocenters. The molecular weight excluding hydrogens is 260 g/mol. The molecule has 1 fully saturated rings. The molecule has 7 heteroatoms. The summed E-state index contributed by atoms with van der Waals surface area (Å²) in [4.78, 5) is 29.6. The lowest BCUT2D eigenvalue weighted by atomic mass is 10.1. The Balaban J connectivity index is 2.16. The molecule has 1 unspecified atom stereocenters. The maximum atomic E-state index is 12.4. The first kappa shape index (κ1) is 14.4. The smallest absolute Gasteiger partial charge is 0.360 e. The first-order chi connectivity index (χ1) is 9.56. The molecule has 20 heavy (non-hydrogen) atoms. The molecule has 2 heterocycles. The Bertz CT molecular complexity index is 506. The molecule has 1 aliphatic heterocycles. The minimum absolute atomic E-state index is 0.00483. The van der Waals surface area contributed by atoms with E-state index < -0.39 is 12.0 Å². The zero-order valence-electron chi connectivity index (χ0n) is 11.8. The lowest BCUT2D eigenvalue weighted by Gasteiger charge is -2.29. The van der Waals surface area contributed by atoms with Gasteiger partial charge in [-0.15, -0.1) is 0 Å². The zero-order valence-corrected chi connectivity index (χ0v) is 11.8. The summed E-state index contributed by atoms with van der Waals surface area (Å²) in [7, 11) is 1.27. The number of carbonyl (C=O) groups is 2. The summed E-state index contributed by atoms with van der Waals surface area (Å²) in [5.41, 5.74) is 5.92. The molecular formula is C13H20N4O3. The standard InChI is InChI=1S/C13H20N4O3/c1-9(12(18)16-6-4-3-5-7-16)17-8-15-10(11(17)14)13(19)20-2/h8-9H,3-7,14H2,1-2H3. The van der Waals surface area contributed by atoms with Gasteiger partial charge in [-0.3, -0.25) is 4.79 Å². The van der Waals surface area contributed by atoms with Gasteiger partial charge in [0.05, 0.1) is 13.4 Å². The second kappa shape index (κ2) is 5.94. The van der Waals surface area contributed by atoms with E-state index in [-0.39, 0.29) is 17.4 Å². The van der Waals surface area contributed by atoms with Crippen molar-refractivity contribution in [2.24, 2.45) is 0 Å². The van der Waals surface area contributed by atoms with Crippen molar-refractivity contribution in [1.29, 1.82) is 0 Å². The molecule has 0 radical (unpaired) electrons. The van der Waals surface area contributed by atoms with Crippen molar-refractivity contribution >= 4 is 17.7 Å². The number of nitrogens with zero attached hydrogens (tertiary/aromatic N) is 3. The molecule has 1 aromatic heterocycles. The topological polar surface area (TPSA) is 90.4 Å². The summed E-state index contributed by atoms with van der Waals surface area (Å²) >= 11 is 0. The van der Waals surface area contributed by atoms with E-state index in [1.165, 1.54) is 18.0 Å². The molecule has 2 N–H and O–H groups in total. The lowest BCUT2D eigenvalue weighted by molar-refractivity contribution is -0.135. The fourth-order valence-electron chi connectivity index (χ4n) is 2.43. The molecule has 1 aromatic rings. The number of rotatable bonds is 3. The quantitative estimate of drug-likeness (QED) is 0.828. The number of nitrogens with two attached hydrogens (primary N) is 1. The highest BCUT2D eigenvalue weighted by Gasteiger charge is 2.26.